The van der Waals surface area contributed by atoms with Crippen molar-refractivity contribution in [2.45, 2.75) is 273 Å². The van der Waals surface area contributed by atoms with Crippen LogP contribution in [0.4, 0.5) is 0 Å². The van der Waals surface area contributed by atoms with Gasteiger partial charge in [0.1, 0.15) is 0 Å². The van der Waals surface area contributed by atoms with Crippen LogP contribution in [0.3, 0.4) is 0 Å². The zero-order chi connectivity index (χ0) is 55.7. The molecule has 0 N–H and O–H groups in total. The molecule has 0 saturated heterocycles. The second-order valence-corrected chi connectivity index (χ2v) is 19.6. The van der Waals surface area contributed by atoms with E-state index in [2.05, 4.69) is 41.5 Å². The second kappa shape index (κ2) is 40.1. The number of unbranched alkanes of at least 4 members (excludes halogenated alkanes) is 27. The Hall–Kier alpha value is -3.42. The van der Waals surface area contributed by atoms with E-state index in [4.69, 9.17) is 31.2 Å². The van der Waals surface area contributed by atoms with Crippen LogP contribution in [-0.4, -0.2) is 51.1 Å². The van der Waals surface area contributed by atoms with Gasteiger partial charge >= 0.3 is 0 Å². The van der Waals surface area contributed by atoms with Crippen molar-refractivity contribution in [2.24, 2.45) is 0 Å². The van der Waals surface area contributed by atoms with E-state index in [9.17, 15) is 5.48 Å². The quantitative estimate of drug-likeness (QED) is 0.0517. The molecule has 0 heterocycles. The highest BCUT2D eigenvalue weighted by molar-refractivity contribution is 6.31. The van der Waals surface area contributed by atoms with Gasteiger partial charge < -0.3 is 28.4 Å². The van der Waals surface area contributed by atoms with Gasteiger partial charge in [0.2, 0.25) is 11.5 Å². The van der Waals surface area contributed by atoms with Crippen LogP contribution in [0, 0.1) is 0 Å². The van der Waals surface area contributed by atoms with Gasteiger partial charge in [-0.15, -0.1) is 0 Å². The lowest BCUT2D eigenvalue weighted by atomic mass is 9.82. The first-order valence-electron chi connectivity index (χ1n) is 32.1. The molecule has 1 aliphatic rings. The Balaban J connectivity index is 2.38. The fourth-order valence-corrected chi connectivity index (χ4v) is 8.92. The normalized spacial score (nSPS) is 13.9. The van der Waals surface area contributed by atoms with Gasteiger partial charge in [0, 0.05) is 11.1 Å². The zero-order valence-electron chi connectivity index (χ0n) is 51.5. The van der Waals surface area contributed by atoms with E-state index < -0.39 is 42.7 Å². The summed E-state index contributed by atoms with van der Waals surface area (Å²) in [6.07, 6.45) is 31.0. The number of carbonyl (C=O) groups is 2. The molecular weight excluding hydrogens is 873 g/mol. The lowest BCUT2D eigenvalue weighted by Crippen LogP contribution is -2.25. The van der Waals surface area contributed by atoms with Crippen LogP contribution in [0.25, 0.3) is 0 Å². The smallest absolute Gasteiger partial charge is 0.204 e. The predicted molar refractivity (Wildman–Crippen MR) is 293 cm³/mol. The highest BCUT2D eigenvalue weighted by Crippen LogP contribution is 2.51. The van der Waals surface area contributed by atoms with E-state index in [1.54, 1.807) is 6.07 Å². The Kier molecular flexibility index (Phi) is 29.5. The first-order valence-corrected chi connectivity index (χ1v) is 29.1. The third-order valence-electron chi connectivity index (χ3n) is 13.3. The summed E-state index contributed by atoms with van der Waals surface area (Å²) in [5, 5.41) is 0. The van der Waals surface area contributed by atoms with Gasteiger partial charge in [0.05, 0.1) is 58.8 Å². The molecule has 2 aromatic rings. The lowest BCUT2D eigenvalue weighted by molar-refractivity contribution is 0.0968. The fourth-order valence-electron chi connectivity index (χ4n) is 8.92. The number of hydrogen-bond donors (Lipinski definition) is 0. The Bertz CT molecular complexity index is 1940. The van der Waals surface area contributed by atoms with Crippen LogP contribution in [0.15, 0.2) is 12.1 Å². The topological polar surface area (TPSA) is 89.5 Å². The van der Waals surface area contributed by atoms with Crippen molar-refractivity contribution in [1.29, 1.82) is 0 Å². The molecule has 3 rings (SSSR count). The highest BCUT2D eigenvalue weighted by Gasteiger charge is 2.41. The number of ether oxygens (including phenoxy) is 6. The van der Waals surface area contributed by atoms with Crippen molar-refractivity contribution >= 4 is 11.6 Å². The first kappa shape index (κ1) is 51.5. The van der Waals surface area contributed by atoms with Crippen molar-refractivity contribution in [1.82, 2.24) is 0 Å². The third-order valence-corrected chi connectivity index (χ3v) is 13.3. The van der Waals surface area contributed by atoms with Crippen LogP contribution in [0.5, 0.6) is 34.5 Å². The average Bonchev–Trinajstić information content (AvgIpc) is 3.38. The molecule has 70 heavy (non-hydrogen) atoms. The van der Waals surface area contributed by atoms with E-state index >= 15 is 9.59 Å². The second-order valence-electron chi connectivity index (χ2n) is 19.6. The Morgan fingerprint density at radius 2 is 0.557 bits per heavy atom. The maximum atomic E-state index is 15.7. The fraction of sp³-hybridized carbons (Fsp3) is 0.774. The number of hydrogen-bond acceptors (Lipinski definition) is 8. The highest BCUT2D eigenvalue weighted by atomic mass is 16.5. The van der Waals surface area contributed by atoms with E-state index in [0.29, 0.717) is 38.9 Å². The number of fused-ring (bicyclic) bond motifs is 2. The minimum atomic E-state index is -2.42. The molecule has 0 saturated carbocycles. The van der Waals surface area contributed by atoms with Gasteiger partial charge in [0.25, 0.3) is 0 Å². The van der Waals surface area contributed by atoms with Crippen LogP contribution in [0.2, 0.25) is 0 Å². The summed E-state index contributed by atoms with van der Waals surface area (Å²) in [7, 11) is 0. The van der Waals surface area contributed by atoms with Crippen molar-refractivity contribution in [3.63, 3.8) is 0 Å². The van der Waals surface area contributed by atoms with Crippen molar-refractivity contribution in [3.8, 4) is 34.5 Å². The summed E-state index contributed by atoms with van der Waals surface area (Å²) in [6, 6.07) is 2.82. The number of benzene rings is 2. The molecule has 0 aliphatic heterocycles. The number of carbonyl (C=O) groups excluding carboxylic acids is 2. The Morgan fingerprint density at radius 1 is 0.300 bits per heavy atom. The number of rotatable bonds is 48. The molecule has 1 aliphatic carbocycles. The summed E-state index contributed by atoms with van der Waals surface area (Å²) in [5.41, 5.74) is -0.581. The Morgan fingerprint density at radius 3 is 0.943 bits per heavy atom. The van der Waals surface area contributed by atoms with E-state index in [1.165, 1.54) is 18.9 Å². The molecule has 2 aromatic carbocycles. The van der Waals surface area contributed by atoms with Crippen LogP contribution < -0.4 is 28.4 Å². The molecule has 0 unspecified atom stereocenters. The van der Waals surface area contributed by atoms with Crippen molar-refractivity contribution in [3.05, 3.63) is 34.4 Å². The lowest BCUT2D eigenvalue weighted by Gasteiger charge is -2.27. The maximum Gasteiger partial charge on any atom is 0.204 e. The summed E-state index contributed by atoms with van der Waals surface area (Å²) < 4.78 is 94.0. The summed E-state index contributed by atoms with van der Waals surface area (Å²) >= 11 is 0. The molecule has 0 amide bonds. The van der Waals surface area contributed by atoms with Gasteiger partial charge in [-0.2, -0.15) is 0 Å². The van der Waals surface area contributed by atoms with Crippen molar-refractivity contribution < 1.29 is 46.2 Å². The van der Waals surface area contributed by atoms with Crippen molar-refractivity contribution in [2.75, 3.05) is 39.5 Å². The molecule has 400 valence electrons. The van der Waals surface area contributed by atoms with E-state index in [-0.39, 0.29) is 71.1 Å². The maximum absolute atomic E-state index is 15.7. The van der Waals surface area contributed by atoms with Crippen LogP contribution >= 0.6 is 0 Å². The molecule has 0 spiro atoms. The van der Waals surface area contributed by atoms with Gasteiger partial charge in [-0.25, -0.2) is 0 Å². The van der Waals surface area contributed by atoms with Gasteiger partial charge in [-0.3, -0.25) is 9.59 Å². The van der Waals surface area contributed by atoms with Crippen LogP contribution in [0.1, 0.15) is 313 Å². The van der Waals surface area contributed by atoms with Gasteiger partial charge in [-0.1, -0.05) is 234 Å². The van der Waals surface area contributed by atoms with E-state index in [1.807, 2.05) is 0 Å². The first-order chi connectivity index (χ1) is 36.6. The monoisotopic (exact) mass is 983 g/mol. The molecule has 8 nitrogen and oxygen atoms in total. The average molecular weight is 984 g/mol. The molecule has 0 fully saturated rings. The standard InChI is InChI=1S/C62H104O8/c1-7-13-19-25-31-37-43-65-53-49-51-55(61(69-47-41-35-29-23-17-11-5)59(53)67-45-39-33-27-21-15-9-3)58(64)52-50-54(66-44-38-32-26-20-14-8-2)60(68-46-40-34-28-22-16-10-4)62(56(52)57(51)63)70-48-42-36-30-24-18-12-6/h49-50H,7-48H2,1-6H3/i43D2,45D2,47D2. The SMILES string of the molecule is [2H]C([2H])(CCCCCCC)Oc1cc2c(c(OC([2H])([2H])CCCCCCC)c1OC([2H])([2H])CCCCCCC)C(=O)c1cc(OCCCCCCCC)c(OCCCCCCCC)c(OCCCCCCCC)c1C2=O. The van der Waals surface area contributed by atoms with Gasteiger partial charge in [-0.05, 0) is 50.7 Å². The Labute approximate surface area is 437 Å². The molecule has 0 bridgehead atoms. The number of ketones is 2. The molecule has 0 aromatic heterocycles. The van der Waals surface area contributed by atoms with Gasteiger partial charge in [0.15, 0.2) is 34.6 Å². The summed E-state index contributed by atoms with van der Waals surface area (Å²) in [4.78, 5) is 31.4. The molecule has 0 radical (unpaired) electrons. The molecule has 8 heteroatoms. The van der Waals surface area contributed by atoms with E-state index in [0.717, 1.165) is 173 Å². The largest absolute Gasteiger partial charge is 0.490 e. The minimum Gasteiger partial charge on any atom is -0.490 e. The summed E-state index contributed by atoms with van der Waals surface area (Å²) in [6.45, 7) is 6.69. The minimum absolute atomic E-state index is 0.0146. The third kappa shape index (κ3) is 23.0. The zero-order valence-corrected chi connectivity index (χ0v) is 45.5. The summed E-state index contributed by atoms with van der Waals surface area (Å²) in [5.74, 6) is -1.99. The molecule has 0 atom stereocenters. The van der Waals surface area contributed by atoms with Crippen LogP contribution in [-0.2, 0) is 0 Å². The molecular formula is C62H104O8. The predicted octanol–water partition coefficient (Wildman–Crippen LogP) is 18.9.